The third-order valence-corrected chi connectivity index (χ3v) is 4.88. The van der Waals surface area contributed by atoms with E-state index in [-0.39, 0.29) is 23.8 Å². The minimum Gasteiger partial charge on any atom is -0.389 e. The molecule has 0 bridgehead atoms. The number of rotatable bonds is 7. The van der Waals surface area contributed by atoms with E-state index in [9.17, 15) is 13.5 Å². The number of aliphatic hydroxyl groups excluding tert-OH is 1. The van der Waals surface area contributed by atoms with E-state index in [1.165, 1.54) is 16.4 Å². The summed E-state index contributed by atoms with van der Waals surface area (Å²) in [5.74, 6) is 0.165. The summed E-state index contributed by atoms with van der Waals surface area (Å²) in [5, 5.41) is 18.3. The van der Waals surface area contributed by atoms with Gasteiger partial charge >= 0.3 is 0 Å². The van der Waals surface area contributed by atoms with Crippen LogP contribution in [0.4, 0.5) is 0 Å². The standard InChI is InChI=1S/C15H22N2O3S/c1-12(2)11-17(9-5-8-16)21(19,20)15-7-4-6-14(10-15)13(3)18/h4,6-7,10,12-13,18H,5,9,11H2,1-3H3. The molecule has 0 radical (unpaired) electrons. The van der Waals surface area contributed by atoms with Crippen LogP contribution >= 0.6 is 0 Å². The van der Waals surface area contributed by atoms with Crippen molar-refractivity contribution in [3.8, 4) is 6.07 Å². The number of aliphatic hydroxyl groups is 1. The molecule has 1 aromatic carbocycles. The van der Waals surface area contributed by atoms with Gasteiger partial charge in [0.25, 0.3) is 0 Å². The normalized spacial score (nSPS) is 13.4. The van der Waals surface area contributed by atoms with Crippen LogP contribution in [0.2, 0.25) is 0 Å². The van der Waals surface area contributed by atoms with Crippen molar-refractivity contribution in [1.82, 2.24) is 4.31 Å². The predicted molar refractivity (Wildman–Crippen MR) is 80.9 cm³/mol. The molecule has 0 aliphatic heterocycles. The Kier molecular flexibility index (Phi) is 6.34. The molecule has 0 saturated heterocycles. The number of nitrogens with zero attached hydrogens (tertiary/aromatic N) is 2. The van der Waals surface area contributed by atoms with Crippen molar-refractivity contribution in [3.63, 3.8) is 0 Å². The van der Waals surface area contributed by atoms with E-state index >= 15 is 0 Å². The lowest BCUT2D eigenvalue weighted by Gasteiger charge is -2.23. The zero-order chi connectivity index (χ0) is 16.0. The molecule has 1 atom stereocenters. The van der Waals surface area contributed by atoms with Crippen LogP contribution in [0.25, 0.3) is 0 Å². The minimum absolute atomic E-state index is 0.152. The fourth-order valence-electron chi connectivity index (χ4n) is 1.98. The SMILES string of the molecule is CC(C)CN(CCC#N)S(=O)(=O)c1cccc(C(C)O)c1. The molecule has 1 N–H and O–H groups in total. The first-order chi connectivity index (χ1) is 9.78. The molecule has 0 saturated carbocycles. The van der Waals surface area contributed by atoms with Crippen LogP contribution in [0, 0.1) is 17.2 Å². The summed E-state index contributed by atoms with van der Waals surface area (Å²) >= 11 is 0. The average Bonchev–Trinajstić information content (AvgIpc) is 2.43. The number of nitriles is 1. The molecule has 1 aromatic rings. The zero-order valence-electron chi connectivity index (χ0n) is 12.7. The first kappa shape index (κ1) is 17.6. The third kappa shape index (κ3) is 4.81. The van der Waals surface area contributed by atoms with E-state index in [1.54, 1.807) is 19.1 Å². The molecule has 1 unspecified atom stereocenters. The van der Waals surface area contributed by atoms with E-state index in [4.69, 9.17) is 5.26 Å². The van der Waals surface area contributed by atoms with Crippen molar-refractivity contribution in [3.05, 3.63) is 29.8 Å². The monoisotopic (exact) mass is 310 g/mol. The molecule has 6 heteroatoms. The molecule has 0 heterocycles. The van der Waals surface area contributed by atoms with Crippen LogP contribution in [-0.2, 0) is 10.0 Å². The van der Waals surface area contributed by atoms with Crippen molar-refractivity contribution >= 4 is 10.0 Å². The largest absolute Gasteiger partial charge is 0.389 e. The Bertz CT molecular complexity index is 604. The molecular weight excluding hydrogens is 288 g/mol. The van der Waals surface area contributed by atoms with Crippen LogP contribution < -0.4 is 0 Å². The highest BCUT2D eigenvalue weighted by atomic mass is 32.2. The third-order valence-electron chi connectivity index (χ3n) is 3.02. The van der Waals surface area contributed by atoms with Gasteiger partial charge in [0.05, 0.1) is 17.1 Å². The van der Waals surface area contributed by atoms with Gasteiger partial charge in [-0.2, -0.15) is 9.57 Å². The Labute approximate surface area is 126 Å². The molecule has 5 nitrogen and oxygen atoms in total. The molecule has 0 aromatic heterocycles. The lowest BCUT2D eigenvalue weighted by Crippen LogP contribution is -2.35. The van der Waals surface area contributed by atoms with Crippen LogP contribution in [0.1, 0.15) is 38.9 Å². The summed E-state index contributed by atoms with van der Waals surface area (Å²) in [6, 6.07) is 8.28. The first-order valence-corrected chi connectivity index (χ1v) is 8.38. The van der Waals surface area contributed by atoms with E-state index in [0.29, 0.717) is 12.1 Å². The van der Waals surface area contributed by atoms with Gasteiger partial charge in [-0.15, -0.1) is 0 Å². The van der Waals surface area contributed by atoms with Crippen LogP contribution in [0.5, 0.6) is 0 Å². The summed E-state index contributed by atoms with van der Waals surface area (Å²) in [4.78, 5) is 0.152. The van der Waals surface area contributed by atoms with Gasteiger partial charge in [-0.1, -0.05) is 26.0 Å². The van der Waals surface area contributed by atoms with Crippen molar-refractivity contribution in [1.29, 1.82) is 5.26 Å². The molecule has 0 fully saturated rings. The first-order valence-electron chi connectivity index (χ1n) is 6.94. The maximum Gasteiger partial charge on any atom is 0.243 e. The Balaban J connectivity index is 3.15. The van der Waals surface area contributed by atoms with Gasteiger partial charge in [-0.3, -0.25) is 0 Å². The Morgan fingerprint density at radius 2 is 2.00 bits per heavy atom. The number of hydrogen-bond donors (Lipinski definition) is 1. The van der Waals surface area contributed by atoms with Crippen LogP contribution in [-0.4, -0.2) is 30.9 Å². The lowest BCUT2D eigenvalue weighted by molar-refractivity contribution is 0.199. The summed E-state index contributed by atoms with van der Waals surface area (Å²) in [6.07, 6.45) is -0.569. The van der Waals surface area contributed by atoms with Crippen molar-refractivity contribution in [2.24, 2.45) is 5.92 Å². The van der Waals surface area contributed by atoms with E-state index in [0.717, 1.165) is 0 Å². The topological polar surface area (TPSA) is 81.4 Å². The molecule has 0 aliphatic carbocycles. The number of sulfonamides is 1. The van der Waals surface area contributed by atoms with Crippen molar-refractivity contribution in [2.45, 2.75) is 38.2 Å². The van der Waals surface area contributed by atoms with Gasteiger partial charge in [-0.25, -0.2) is 8.42 Å². The fraction of sp³-hybridized carbons (Fsp3) is 0.533. The van der Waals surface area contributed by atoms with E-state index in [2.05, 4.69) is 0 Å². The molecule has 0 spiro atoms. The van der Waals surface area contributed by atoms with Gasteiger partial charge < -0.3 is 5.11 Å². The summed E-state index contributed by atoms with van der Waals surface area (Å²) in [7, 11) is -3.65. The molecule has 0 amide bonds. The number of hydrogen-bond acceptors (Lipinski definition) is 4. The molecule has 116 valence electrons. The smallest absolute Gasteiger partial charge is 0.243 e. The highest BCUT2D eigenvalue weighted by Gasteiger charge is 2.25. The molecule has 1 rings (SSSR count). The lowest BCUT2D eigenvalue weighted by atomic mass is 10.1. The fourth-order valence-corrected chi connectivity index (χ4v) is 3.64. The van der Waals surface area contributed by atoms with Crippen molar-refractivity contribution in [2.75, 3.05) is 13.1 Å². The highest BCUT2D eigenvalue weighted by Crippen LogP contribution is 2.21. The van der Waals surface area contributed by atoms with Gasteiger partial charge in [0, 0.05) is 19.5 Å². The molecule has 21 heavy (non-hydrogen) atoms. The Morgan fingerprint density at radius 3 is 2.52 bits per heavy atom. The molecule has 0 aliphatic rings. The second kappa shape index (κ2) is 7.55. The van der Waals surface area contributed by atoms with E-state index < -0.39 is 16.1 Å². The summed E-state index contributed by atoms with van der Waals surface area (Å²) in [6.45, 7) is 5.99. The maximum absolute atomic E-state index is 12.7. The average molecular weight is 310 g/mol. The Hall–Kier alpha value is -1.42. The maximum atomic E-state index is 12.7. The second-order valence-electron chi connectivity index (χ2n) is 5.41. The quantitative estimate of drug-likeness (QED) is 0.838. The molecular formula is C15H22N2O3S. The Morgan fingerprint density at radius 1 is 1.33 bits per heavy atom. The van der Waals surface area contributed by atoms with E-state index in [1.807, 2.05) is 19.9 Å². The number of benzene rings is 1. The zero-order valence-corrected chi connectivity index (χ0v) is 13.5. The minimum atomic E-state index is -3.65. The summed E-state index contributed by atoms with van der Waals surface area (Å²) in [5.41, 5.74) is 0.556. The van der Waals surface area contributed by atoms with Crippen LogP contribution in [0.15, 0.2) is 29.2 Å². The summed E-state index contributed by atoms with van der Waals surface area (Å²) < 4.78 is 26.7. The van der Waals surface area contributed by atoms with Crippen molar-refractivity contribution < 1.29 is 13.5 Å². The second-order valence-corrected chi connectivity index (χ2v) is 7.35. The predicted octanol–water partition coefficient (Wildman–Crippen LogP) is 2.30. The van der Waals surface area contributed by atoms with Crippen LogP contribution in [0.3, 0.4) is 0 Å². The van der Waals surface area contributed by atoms with Gasteiger partial charge in [-0.05, 0) is 30.5 Å². The van der Waals surface area contributed by atoms with Gasteiger partial charge in [0.1, 0.15) is 0 Å². The van der Waals surface area contributed by atoms with Gasteiger partial charge in [0.2, 0.25) is 10.0 Å². The highest BCUT2D eigenvalue weighted by molar-refractivity contribution is 7.89. The van der Waals surface area contributed by atoms with Gasteiger partial charge in [0.15, 0.2) is 0 Å².